The predicted octanol–water partition coefficient (Wildman–Crippen LogP) is 4.08. The number of hydrogen-bond acceptors (Lipinski definition) is 4. The summed E-state index contributed by atoms with van der Waals surface area (Å²) in [5.41, 5.74) is 1.96. The highest BCUT2D eigenvalue weighted by molar-refractivity contribution is 5.99. The molecule has 0 N–H and O–H groups in total. The van der Waals surface area contributed by atoms with Gasteiger partial charge in [-0.3, -0.25) is 14.4 Å². The van der Waals surface area contributed by atoms with Crippen molar-refractivity contribution in [2.75, 3.05) is 7.11 Å². The first-order valence-corrected chi connectivity index (χ1v) is 8.61. The predicted molar refractivity (Wildman–Crippen MR) is 90.0 cm³/mol. The molecule has 128 valence electrons. The van der Waals surface area contributed by atoms with Crippen LogP contribution in [0.15, 0.2) is 23.3 Å². The van der Waals surface area contributed by atoms with Gasteiger partial charge in [-0.25, -0.2) is 0 Å². The second-order valence-electron chi connectivity index (χ2n) is 5.92. The maximum absolute atomic E-state index is 11.9. The Hall–Kier alpha value is -1.71. The van der Waals surface area contributed by atoms with Gasteiger partial charge in [0, 0.05) is 19.3 Å². The SMILES string of the molecule is CCC(=O)/C=C/C1=C(CCCCCCCC(=O)OC)C(=O)CC1. The Morgan fingerprint density at radius 2 is 1.78 bits per heavy atom. The second kappa shape index (κ2) is 10.9. The minimum Gasteiger partial charge on any atom is -0.469 e. The third-order valence-electron chi connectivity index (χ3n) is 4.20. The Bertz CT molecular complexity index is 486. The van der Waals surface area contributed by atoms with Gasteiger partial charge in [0.05, 0.1) is 7.11 Å². The number of unbranched alkanes of at least 4 members (excludes halogenated alkanes) is 4. The molecule has 0 spiro atoms. The lowest BCUT2D eigenvalue weighted by molar-refractivity contribution is -0.140. The number of hydrogen-bond donors (Lipinski definition) is 0. The normalized spacial score (nSPS) is 14.8. The fraction of sp³-hybridized carbons (Fsp3) is 0.632. The fourth-order valence-electron chi connectivity index (χ4n) is 2.73. The van der Waals surface area contributed by atoms with Gasteiger partial charge in [0.15, 0.2) is 11.6 Å². The van der Waals surface area contributed by atoms with Crippen molar-refractivity contribution in [2.24, 2.45) is 0 Å². The number of carbonyl (C=O) groups is 3. The minimum atomic E-state index is -0.148. The Balaban J connectivity index is 2.30. The molecule has 0 aliphatic heterocycles. The topological polar surface area (TPSA) is 60.4 Å². The molecule has 0 saturated heterocycles. The van der Waals surface area contributed by atoms with Crippen LogP contribution >= 0.6 is 0 Å². The molecule has 0 aromatic carbocycles. The molecule has 0 unspecified atom stereocenters. The van der Waals surface area contributed by atoms with Crippen LogP contribution in [0.2, 0.25) is 0 Å². The van der Waals surface area contributed by atoms with Crippen molar-refractivity contribution in [1.82, 2.24) is 0 Å². The molecule has 4 nitrogen and oxygen atoms in total. The molecule has 0 fully saturated rings. The van der Waals surface area contributed by atoms with Crippen LogP contribution in [-0.4, -0.2) is 24.6 Å². The molecule has 1 aliphatic rings. The molecule has 0 bridgehead atoms. The first kappa shape index (κ1) is 19.3. The van der Waals surface area contributed by atoms with Gasteiger partial charge in [-0.05, 0) is 42.9 Å². The summed E-state index contributed by atoms with van der Waals surface area (Å²) in [6.45, 7) is 1.84. The molecule has 23 heavy (non-hydrogen) atoms. The van der Waals surface area contributed by atoms with Crippen LogP contribution in [0.5, 0.6) is 0 Å². The summed E-state index contributed by atoms with van der Waals surface area (Å²) in [5.74, 6) is 0.186. The van der Waals surface area contributed by atoms with E-state index in [1.54, 1.807) is 6.08 Å². The molecule has 0 amide bonds. The number of rotatable bonds is 11. The number of ether oxygens (including phenoxy) is 1. The highest BCUT2D eigenvalue weighted by Crippen LogP contribution is 2.28. The van der Waals surface area contributed by atoms with E-state index in [1.807, 2.05) is 13.0 Å². The van der Waals surface area contributed by atoms with Crippen molar-refractivity contribution < 1.29 is 19.1 Å². The average molecular weight is 320 g/mol. The van der Waals surface area contributed by atoms with Crippen molar-refractivity contribution in [3.8, 4) is 0 Å². The van der Waals surface area contributed by atoms with E-state index in [2.05, 4.69) is 4.74 Å². The maximum atomic E-state index is 11.9. The Labute approximate surface area is 139 Å². The van der Waals surface area contributed by atoms with Gasteiger partial charge < -0.3 is 4.74 Å². The summed E-state index contributed by atoms with van der Waals surface area (Å²) < 4.78 is 4.60. The van der Waals surface area contributed by atoms with E-state index in [0.29, 0.717) is 19.3 Å². The van der Waals surface area contributed by atoms with E-state index in [1.165, 1.54) is 7.11 Å². The maximum Gasteiger partial charge on any atom is 0.305 e. The molecule has 1 rings (SSSR count). The average Bonchev–Trinajstić information content (AvgIpc) is 2.91. The van der Waals surface area contributed by atoms with Gasteiger partial charge >= 0.3 is 5.97 Å². The van der Waals surface area contributed by atoms with E-state index < -0.39 is 0 Å². The lowest BCUT2D eigenvalue weighted by atomic mass is 10.0. The number of carbonyl (C=O) groups excluding carboxylic acids is 3. The number of allylic oxidation sites excluding steroid dienone is 4. The highest BCUT2D eigenvalue weighted by Gasteiger charge is 2.20. The summed E-state index contributed by atoms with van der Waals surface area (Å²) in [7, 11) is 1.41. The molecule has 0 heterocycles. The lowest BCUT2D eigenvalue weighted by Crippen LogP contribution is -1.99. The molecule has 4 heteroatoms. The van der Waals surface area contributed by atoms with Crippen molar-refractivity contribution in [2.45, 2.75) is 71.1 Å². The van der Waals surface area contributed by atoms with E-state index in [4.69, 9.17) is 0 Å². The monoisotopic (exact) mass is 320 g/mol. The number of Topliss-reactive ketones (excluding diaryl/α,β-unsaturated/α-hetero) is 1. The van der Waals surface area contributed by atoms with Crippen LogP contribution in [0.3, 0.4) is 0 Å². The molecule has 0 atom stereocenters. The van der Waals surface area contributed by atoms with Crippen LogP contribution in [0.25, 0.3) is 0 Å². The first-order valence-electron chi connectivity index (χ1n) is 8.61. The van der Waals surface area contributed by atoms with Crippen molar-refractivity contribution in [3.05, 3.63) is 23.3 Å². The molecular formula is C19H28O4. The van der Waals surface area contributed by atoms with Crippen LogP contribution in [-0.2, 0) is 19.1 Å². The smallest absolute Gasteiger partial charge is 0.305 e. The fourth-order valence-corrected chi connectivity index (χ4v) is 2.73. The standard InChI is InChI=1S/C19H28O4/c1-3-16(20)13-11-15-12-14-18(21)17(15)9-7-5-4-6-8-10-19(22)23-2/h11,13H,3-10,12,14H2,1-2H3/b13-11+. The van der Waals surface area contributed by atoms with Gasteiger partial charge in [-0.15, -0.1) is 0 Å². The van der Waals surface area contributed by atoms with Gasteiger partial charge in [0.1, 0.15) is 0 Å². The number of methoxy groups -OCH3 is 1. The molecule has 0 aromatic rings. The summed E-state index contributed by atoms with van der Waals surface area (Å²) >= 11 is 0. The molecule has 1 aliphatic carbocycles. The second-order valence-corrected chi connectivity index (χ2v) is 5.92. The van der Waals surface area contributed by atoms with Gasteiger partial charge in [-0.1, -0.05) is 32.3 Å². The summed E-state index contributed by atoms with van der Waals surface area (Å²) in [6.07, 6.45) is 11.5. The third kappa shape index (κ3) is 7.40. The summed E-state index contributed by atoms with van der Waals surface area (Å²) in [5, 5.41) is 0. The van der Waals surface area contributed by atoms with Gasteiger partial charge in [0.2, 0.25) is 0 Å². The first-order chi connectivity index (χ1) is 11.1. The van der Waals surface area contributed by atoms with E-state index >= 15 is 0 Å². The zero-order valence-corrected chi connectivity index (χ0v) is 14.4. The number of ketones is 2. The summed E-state index contributed by atoms with van der Waals surface area (Å²) in [4.78, 5) is 34.3. The molecular weight excluding hydrogens is 292 g/mol. The van der Waals surface area contributed by atoms with Crippen LogP contribution < -0.4 is 0 Å². The summed E-state index contributed by atoms with van der Waals surface area (Å²) in [6, 6.07) is 0. The van der Waals surface area contributed by atoms with E-state index in [0.717, 1.165) is 56.1 Å². The molecule has 0 saturated carbocycles. The Kier molecular flexibility index (Phi) is 9.18. The minimum absolute atomic E-state index is 0.0989. The van der Waals surface area contributed by atoms with Crippen LogP contribution in [0, 0.1) is 0 Å². The Morgan fingerprint density at radius 3 is 2.48 bits per heavy atom. The zero-order chi connectivity index (χ0) is 17.1. The van der Waals surface area contributed by atoms with Crippen molar-refractivity contribution in [1.29, 1.82) is 0 Å². The van der Waals surface area contributed by atoms with Gasteiger partial charge in [-0.2, -0.15) is 0 Å². The number of esters is 1. The molecule has 0 aromatic heterocycles. The van der Waals surface area contributed by atoms with Crippen LogP contribution in [0.4, 0.5) is 0 Å². The Morgan fingerprint density at radius 1 is 1.09 bits per heavy atom. The van der Waals surface area contributed by atoms with Crippen LogP contribution in [0.1, 0.15) is 71.1 Å². The lowest BCUT2D eigenvalue weighted by Gasteiger charge is -2.04. The largest absolute Gasteiger partial charge is 0.469 e. The van der Waals surface area contributed by atoms with Crippen molar-refractivity contribution >= 4 is 17.5 Å². The van der Waals surface area contributed by atoms with E-state index in [9.17, 15) is 14.4 Å². The highest BCUT2D eigenvalue weighted by atomic mass is 16.5. The van der Waals surface area contributed by atoms with E-state index in [-0.39, 0.29) is 17.5 Å². The molecule has 0 radical (unpaired) electrons. The van der Waals surface area contributed by atoms with Crippen molar-refractivity contribution in [3.63, 3.8) is 0 Å². The third-order valence-corrected chi connectivity index (χ3v) is 4.20. The van der Waals surface area contributed by atoms with Gasteiger partial charge in [0.25, 0.3) is 0 Å². The quantitative estimate of drug-likeness (QED) is 0.327. The zero-order valence-electron chi connectivity index (χ0n) is 14.4.